The highest BCUT2D eigenvalue weighted by molar-refractivity contribution is 5.81. The molecule has 7 nitrogen and oxygen atoms in total. The number of hydrazone groups is 1. The second kappa shape index (κ2) is 5.38. The molecule has 2 heterocycles. The number of rotatable bonds is 3. The third-order valence-electron chi connectivity index (χ3n) is 3.06. The smallest absolute Gasteiger partial charge is 0.231 e. The summed E-state index contributed by atoms with van der Waals surface area (Å²) < 4.78 is 10.5. The molecule has 1 aromatic carbocycles. The molecule has 3 N–H and O–H groups in total. The van der Waals surface area contributed by atoms with Gasteiger partial charge in [0, 0.05) is 12.5 Å². The van der Waals surface area contributed by atoms with E-state index in [4.69, 9.17) is 9.47 Å². The predicted octanol–water partition coefficient (Wildman–Crippen LogP) is 0.120. The van der Waals surface area contributed by atoms with Crippen LogP contribution in [0.1, 0.15) is 18.9 Å². The summed E-state index contributed by atoms with van der Waals surface area (Å²) in [6, 6.07) is 5.70. The third kappa shape index (κ3) is 2.83. The largest absolute Gasteiger partial charge is 0.454 e. The van der Waals surface area contributed by atoms with Gasteiger partial charge in [0.15, 0.2) is 17.8 Å². The summed E-state index contributed by atoms with van der Waals surface area (Å²) in [5.41, 5.74) is 3.74. The van der Waals surface area contributed by atoms with Crippen molar-refractivity contribution in [3.05, 3.63) is 23.8 Å². The van der Waals surface area contributed by atoms with Gasteiger partial charge in [-0.2, -0.15) is 5.10 Å². The van der Waals surface area contributed by atoms with Crippen LogP contribution in [0.4, 0.5) is 0 Å². The molecule has 1 fully saturated rings. The van der Waals surface area contributed by atoms with Gasteiger partial charge in [-0.1, -0.05) is 0 Å². The molecular weight excluding hydrogens is 260 g/mol. The topological polar surface area (TPSA) is 84.0 Å². The van der Waals surface area contributed by atoms with Crippen molar-refractivity contribution in [2.75, 3.05) is 6.79 Å². The normalized spacial score (nSPS) is 24.8. The van der Waals surface area contributed by atoms with Crippen molar-refractivity contribution in [2.24, 2.45) is 5.10 Å². The lowest BCUT2D eigenvalue weighted by Crippen LogP contribution is -2.60. The van der Waals surface area contributed by atoms with Gasteiger partial charge in [-0.3, -0.25) is 15.5 Å². The van der Waals surface area contributed by atoms with Crippen molar-refractivity contribution in [1.82, 2.24) is 16.1 Å². The number of carbonyl (C=O) groups excluding carboxylic acids is 1. The zero-order chi connectivity index (χ0) is 13.9. The SMILES string of the molecule is CC1CC(=O)NC(N/N=C/c2ccc3c(c2)OCO3)N1. The zero-order valence-electron chi connectivity index (χ0n) is 11.1. The van der Waals surface area contributed by atoms with Crippen molar-refractivity contribution in [1.29, 1.82) is 0 Å². The first-order valence-electron chi connectivity index (χ1n) is 6.44. The molecule has 0 aliphatic carbocycles. The van der Waals surface area contributed by atoms with Gasteiger partial charge in [0.25, 0.3) is 0 Å². The summed E-state index contributed by atoms with van der Waals surface area (Å²) in [4.78, 5) is 11.4. The molecule has 7 heteroatoms. The summed E-state index contributed by atoms with van der Waals surface area (Å²) >= 11 is 0. The Bertz CT molecular complexity index is 546. The van der Waals surface area contributed by atoms with Crippen molar-refractivity contribution in [3.8, 4) is 11.5 Å². The first-order valence-corrected chi connectivity index (χ1v) is 6.44. The maximum absolute atomic E-state index is 11.4. The second-order valence-corrected chi connectivity index (χ2v) is 4.77. The zero-order valence-corrected chi connectivity index (χ0v) is 11.1. The molecule has 2 unspecified atom stereocenters. The Labute approximate surface area is 116 Å². The lowest BCUT2D eigenvalue weighted by molar-refractivity contribution is -0.124. The van der Waals surface area contributed by atoms with E-state index in [-0.39, 0.29) is 25.0 Å². The number of ether oxygens (including phenoxy) is 2. The Hall–Kier alpha value is -2.28. The fourth-order valence-electron chi connectivity index (χ4n) is 2.13. The molecule has 1 amide bonds. The van der Waals surface area contributed by atoms with Gasteiger partial charge in [0.05, 0.1) is 6.21 Å². The average molecular weight is 276 g/mol. The molecule has 20 heavy (non-hydrogen) atoms. The van der Waals surface area contributed by atoms with E-state index in [1.165, 1.54) is 0 Å². The minimum Gasteiger partial charge on any atom is -0.454 e. The van der Waals surface area contributed by atoms with Crippen LogP contribution in [0.25, 0.3) is 0 Å². The Balaban J connectivity index is 1.59. The highest BCUT2D eigenvalue weighted by Crippen LogP contribution is 2.31. The average Bonchev–Trinajstić information content (AvgIpc) is 2.85. The van der Waals surface area contributed by atoms with Crippen LogP contribution in [0, 0.1) is 0 Å². The molecule has 1 saturated heterocycles. The lowest BCUT2D eigenvalue weighted by atomic mass is 10.2. The predicted molar refractivity (Wildman–Crippen MR) is 72.4 cm³/mol. The van der Waals surface area contributed by atoms with E-state index >= 15 is 0 Å². The highest BCUT2D eigenvalue weighted by Gasteiger charge is 2.21. The Morgan fingerprint density at radius 2 is 2.25 bits per heavy atom. The summed E-state index contributed by atoms with van der Waals surface area (Å²) in [6.07, 6.45) is 1.79. The van der Waals surface area contributed by atoms with Gasteiger partial charge < -0.3 is 14.8 Å². The molecule has 0 radical (unpaired) electrons. The number of nitrogens with one attached hydrogen (secondary N) is 3. The molecule has 0 spiro atoms. The number of amides is 1. The van der Waals surface area contributed by atoms with Crippen molar-refractivity contribution < 1.29 is 14.3 Å². The number of hydrogen-bond donors (Lipinski definition) is 3. The first-order chi connectivity index (χ1) is 9.70. The number of benzene rings is 1. The molecular formula is C13H16N4O3. The van der Waals surface area contributed by atoms with Gasteiger partial charge >= 0.3 is 0 Å². The molecule has 2 atom stereocenters. The maximum Gasteiger partial charge on any atom is 0.231 e. The minimum atomic E-state index is -0.350. The number of carbonyl (C=O) groups is 1. The molecule has 3 rings (SSSR count). The Morgan fingerprint density at radius 1 is 1.40 bits per heavy atom. The van der Waals surface area contributed by atoms with Crippen LogP contribution in [-0.4, -0.2) is 31.2 Å². The molecule has 2 aliphatic heterocycles. The number of hydrogen-bond acceptors (Lipinski definition) is 6. The monoisotopic (exact) mass is 276 g/mol. The first kappa shape index (κ1) is 12.7. The van der Waals surface area contributed by atoms with Crippen molar-refractivity contribution >= 4 is 12.1 Å². The van der Waals surface area contributed by atoms with E-state index < -0.39 is 0 Å². The maximum atomic E-state index is 11.4. The molecule has 1 aromatic rings. The molecule has 0 aromatic heterocycles. The summed E-state index contributed by atoms with van der Waals surface area (Å²) in [7, 11) is 0. The van der Waals surface area contributed by atoms with Gasteiger partial charge in [-0.25, -0.2) is 0 Å². The van der Waals surface area contributed by atoms with Crippen LogP contribution in [0.2, 0.25) is 0 Å². The van der Waals surface area contributed by atoms with Crippen LogP contribution < -0.4 is 25.5 Å². The van der Waals surface area contributed by atoms with Crippen LogP contribution in [0.15, 0.2) is 23.3 Å². The Morgan fingerprint density at radius 3 is 3.10 bits per heavy atom. The third-order valence-corrected chi connectivity index (χ3v) is 3.06. The molecule has 0 saturated carbocycles. The number of nitrogens with zero attached hydrogens (tertiary/aromatic N) is 1. The Kier molecular flexibility index (Phi) is 3.42. The fourth-order valence-corrected chi connectivity index (χ4v) is 2.13. The van der Waals surface area contributed by atoms with E-state index in [9.17, 15) is 4.79 Å². The molecule has 0 bridgehead atoms. The molecule has 106 valence electrons. The van der Waals surface area contributed by atoms with Gasteiger partial charge in [0.1, 0.15) is 0 Å². The van der Waals surface area contributed by atoms with E-state index in [0.29, 0.717) is 12.2 Å². The highest BCUT2D eigenvalue weighted by atomic mass is 16.7. The molecule has 2 aliphatic rings. The van der Waals surface area contributed by atoms with Gasteiger partial charge in [-0.05, 0) is 30.7 Å². The van der Waals surface area contributed by atoms with Gasteiger partial charge in [-0.15, -0.1) is 0 Å². The van der Waals surface area contributed by atoms with Crippen LogP contribution in [0.5, 0.6) is 11.5 Å². The summed E-state index contributed by atoms with van der Waals surface area (Å²) in [5.74, 6) is 1.46. The van der Waals surface area contributed by atoms with Crippen LogP contribution in [-0.2, 0) is 4.79 Å². The summed E-state index contributed by atoms with van der Waals surface area (Å²) in [6.45, 7) is 2.21. The van der Waals surface area contributed by atoms with Crippen LogP contribution in [0.3, 0.4) is 0 Å². The van der Waals surface area contributed by atoms with Crippen molar-refractivity contribution in [3.63, 3.8) is 0 Å². The van der Waals surface area contributed by atoms with E-state index in [0.717, 1.165) is 11.3 Å². The van der Waals surface area contributed by atoms with E-state index in [1.54, 1.807) is 6.21 Å². The van der Waals surface area contributed by atoms with Crippen LogP contribution >= 0.6 is 0 Å². The standard InChI is InChI=1S/C13H16N4O3/c1-8-4-12(18)16-13(15-8)17-14-6-9-2-3-10-11(5-9)20-7-19-10/h2-3,5-6,8,13,15,17H,4,7H2,1H3,(H,16,18)/b14-6+. The lowest BCUT2D eigenvalue weighted by Gasteiger charge is -2.28. The number of fused-ring (bicyclic) bond motifs is 1. The van der Waals surface area contributed by atoms with Gasteiger partial charge in [0.2, 0.25) is 12.7 Å². The van der Waals surface area contributed by atoms with Crippen molar-refractivity contribution in [2.45, 2.75) is 25.7 Å². The second-order valence-electron chi connectivity index (χ2n) is 4.77. The minimum absolute atomic E-state index is 0.00651. The quantitative estimate of drug-likeness (QED) is 0.539. The van der Waals surface area contributed by atoms with E-state index in [1.807, 2.05) is 25.1 Å². The summed E-state index contributed by atoms with van der Waals surface area (Å²) in [5, 5.41) is 10.0. The van der Waals surface area contributed by atoms with E-state index in [2.05, 4.69) is 21.2 Å². The fraction of sp³-hybridized carbons (Fsp3) is 0.385.